The fourth-order valence-corrected chi connectivity index (χ4v) is 1.53. The molecule has 23 heavy (non-hydrogen) atoms. The molecule has 0 saturated carbocycles. The van der Waals surface area contributed by atoms with Gasteiger partial charge in [-0.1, -0.05) is 0 Å². The smallest absolute Gasteiger partial charge is 0.412 e. The zero-order valence-corrected chi connectivity index (χ0v) is 13.3. The Kier molecular flexibility index (Phi) is 5.83. The van der Waals surface area contributed by atoms with E-state index in [2.05, 4.69) is 10.1 Å². The molecular formula is C15H18N2O6. The molecule has 0 aliphatic rings. The topological polar surface area (TPSA) is 108 Å². The Bertz CT molecular complexity index is 628. The van der Waals surface area contributed by atoms with Crippen molar-refractivity contribution in [1.82, 2.24) is 5.32 Å². The van der Waals surface area contributed by atoms with Gasteiger partial charge in [-0.2, -0.15) is 0 Å². The monoisotopic (exact) mass is 322 g/mol. The van der Waals surface area contributed by atoms with Crippen LogP contribution < -0.4 is 5.32 Å². The van der Waals surface area contributed by atoms with E-state index in [1.165, 1.54) is 37.5 Å². The first-order valence-electron chi connectivity index (χ1n) is 6.67. The number of non-ortho nitro benzene ring substituents is 1. The van der Waals surface area contributed by atoms with Crippen LogP contribution >= 0.6 is 0 Å². The van der Waals surface area contributed by atoms with Crippen LogP contribution in [0.5, 0.6) is 0 Å². The molecule has 0 fully saturated rings. The zero-order chi connectivity index (χ0) is 17.6. The Balaban J connectivity index is 2.99. The van der Waals surface area contributed by atoms with Gasteiger partial charge in [-0.15, -0.1) is 0 Å². The van der Waals surface area contributed by atoms with E-state index in [4.69, 9.17) is 4.74 Å². The Morgan fingerprint density at radius 3 is 2.22 bits per heavy atom. The van der Waals surface area contributed by atoms with Gasteiger partial charge < -0.3 is 9.47 Å². The number of rotatable bonds is 4. The van der Waals surface area contributed by atoms with Gasteiger partial charge in [-0.3, -0.25) is 15.4 Å². The van der Waals surface area contributed by atoms with Crippen molar-refractivity contribution in [1.29, 1.82) is 0 Å². The molecule has 0 radical (unpaired) electrons. The molecule has 8 heteroatoms. The molecule has 1 aromatic rings. The molecule has 0 aliphatic carbocycles. The summed E-state index contributed by atoms with van der Waals surface area (Å²) >= 11 is 0. The number of nitrogens with one attached hydrogen (secondary N) is 1. The average molecular weight is 322 g/mol. The summed E-state index contributed by atoms with van der Waals surface area (Å²) < 4.78 is 9.65. The lowest BCUT2D eigenvalue weighted by Crippen LogP contribution is -2.34. The van der Waals surface area contributed by atoms with Crippen molar-refractivity contribution in [3.63, 3.8) is 0 Å². The number of esters is 1. The number of nitro groups is 1. The first kappa shape index (κ1) is 18.1. The van der Waals surface area contributed by atoms with E-state index in [1.54, 1.807) is 20.8 Å². The molecule has 8 nitrogen and oxygen atoms in total. The minimum Gasteiger partial charge on any atom is -0.464 e. The molecule has 0 bridgehead atoms. The number of alkyl carbamates (subject to hydrolysis) is 1. The lowest BCUT2D eigenvalue weighted by Gasteiger charge is -2.20. The number of carbonyl (C=O) groups is 2. The number of ether oxygens (including phenoxy) is 2. The molecule has 0 aliphatic heterocycles. The van der Waals surface area contributed by atoms with Crippen LogP contribution in [0.1, 0.15) is 26.3 Å². The first-order chi connectivity index (χ1) is 10.6. The highest BCUT2D eigenvalue weighted by Crippen LogP contribution is 2.15. The Hall–Kier alpha value is -2.90. The molecule has 0 aromatic heterocycles. The second-order valence-electron chi connectivity index (χ2n) is 5.53. The molecule has 0 saturated heterocycles. The summed E-state index contributed by atoms with van der Waals surface area (Å²) in [5.74, 6) is -0.769. The summed E-state index contributed by atoms with van der Waals surface area (Å²) in [5, 5.41) is 12.9. The van der Waals surface area contributed by atoms with Gasteiger partial charge in [0, 0.05) is 12.1 Å². The Morgan fingerprint density at radius 1 is 1.22 bits per heavy atom. The van der Waals surface area contributed by atoms with Gasteiger partial charge in [-0.05, 0) is 44.5 Å². The molecule has 1 aromatic carbocycles. The predicted octanol–water partition coefficient (Wildman–Crippen LogP) is 2.63. The van der Waals surface area contributed by atoms with Crippen molar-refractivity contribution < 1.29 is 24.0 Å². The van der Waals surface area contributed by atoms with Gasteiger partial charge in [0.15, 0.2) is 0 Å². The van der Waals surface area contributed by atoms with Crippen LogP contribution in [-0.4, -0.2) is 29.7 Å². The van der Waals surface area contributed by atoms with E-state index in [-0.39, 0.29) is 11.4 Å². The second kappa shape index (κ2) is 7.39. The lowest BCUT2D eigenvalue weighted by atomic mass is 10.1. The minimum atomic E-state index is -0.809. The number of amides is 1. The summed E-state index contributed by atoms with van der Waals surface area (Å²) in [6.45, 7) is 5.05. The standard InChI is InChI=1S/C15H18N2O6/c1-15(2,3)23-14(19)16-12(13(18)22-4)9-10-5-7-11(8-6-10)17(20)21/h5-9H,1-4H3,(H,16,19)/b12-9+. The number of hydrogen-bond acceptors (Lipinski definition) is 6. The van der Waals surface area contributed by atoms with E-state index < -0.39 is 22.6 Å². The minimum absolute atomic E-state index is 0.0816. The van der Waals surface area contributed by atoms with Crippen molar-refractivity contribution in [2.45, 2.75) is 26.4 Å². The van der Waals surface area contributed by atoms with Crippen LogP contribution in [0.25, 0.3) is 6.08 Å². The number of carbonyl (C=O) groups excluding carboxylic acids is 2. The highest BCUT2D eigenvalue weighted by atomic mass is 16.6. The van der Waals surface area contributed by atoms with Gasteiger partial charge in [-0.25, -0.2) is 9.59 Å². The van der Waals surface area contributed by atoms with E-state index in [1.807, 2.05) is 0 Å². The van der Waals surface area contributed by atoms with E-state index in [9.17, 15) is 19.7 Å². The Labute approximate surface area is 133 Å². The normalized spacial score (nSPS) is 11.6. The number of benzene rings is 1. The average Bonchev–Trinajstić information content (AvgIpc) is 2.44. The SMILES string of the molecule is COC(=O)/C(=C\c1ccc([N+](=O)[O-])cc1)NC(=O)OC(C)(C)C. The van der Waals surface area contributed by atoms with Crippen LogP contribution in [0, 0.1) is 10.1 Å². The van der Waals surface area contributed by atoms with Crippen molar-refractivity contribution >= 4 is 23.8 Å². The maximum absolute atomic E-state index is 11.8. The third-order valence-electron chi connectivity index (χ3n) is 2.46. The summed E-state index contributed by atoms with van der Waals surface area (Å²) in [6.07, 6.45) is 0.524. The molecule has 1 rings (SSSR count). The summed E-state index contributed by atoms with van der Waals surface area (Å²) in [6, 6.07) is 5.46. The third kappa shape index (κ3) is 6.16. The summed E-state index contributed by atoms with van der Waals surface area (Å²) in [4.78, 5) is 33.6. The molecular weight excluding hydrogens is 304 g/mol. The molecule has 1 amide bonds. The Morgan fingerprint density at radius 2 is 1.78 bits per heavy atom. The number of methoxy groups -OCH3 is 1. The molecule has 0 unspecified atom stereocenters. The molecule has 124 valence electrons. The summed E-state index contributed by atoms with van der Waals surface area (Å²) in [7, 11) is 1.17. The van der Waals surface area contributed by atoms with Gasteiger partial charge in [0.25, 0.3) is 5.69 Å². The van der Waals surface area contributed by atoms with Gasteiger partial charge in [0.1, 0.15) is 11.3 Å². The fourth-order valence-electron chi connectivity index (χ4n) is 1.53. The highest BCUT2D eigenvalue weighted by molar-refractivity contribution is 5.96. The predicted molar refractivity (Wildman–Crippen MR) is 82.5 cm³/mol. The molecule has 0 heterocycles. The van der Waals surface area contributed by atoms with Crippen molar-refractivity contribution in [2.75, 3.05) is 7.11 Å². The van der Waals surface area contributed by atoms with E-state index in [0.29, 0.717) is 5.56 Å². The quantitative estimate of drug-likeness (QED) is 0.395. The second-order valence-corrected chi connectivity index (χ2v) is 5.53. The number of nitro benzene ring substituents is 1. The van der Waals surface area contributed by atoms with Crippen molar-refractivity contribution in [3.8, 4) is 0 Å². The lowest BCUT2D eigenvalue weighted by molar-refractivity contribution is -0.384. The van der Waals surface area contributed by atoms with Crippen LogP contribution in [0.2, 0.25) is 0 Å². The van der Waals surface area contributed by atoms with Gasteiger partial charge in [0.2, 0.25) is 0 Å². The van der Waals surface area contributed by atoms with Gasteiger partial charge >= 0.3 is 12.1 Å². The van der Waals surface area contributed by atoms with Crippen LogP contribution in [-0.2, 0) is 14.3 Å². The highest BCUT2D eigenvalue weighted by Gasteiger charge is 2.20. The maximum atomic E-state index is 11.8. The van der Waals surface area contributed by atoms with E-state index in [0.717, 1.165) is 0 Å². The fraction of sp³-hybridized carbons (Fsp3) is 0.333. The number of hydrogen-bond donors (Lipinski definition) is 1. The van der Waals surface area contributed by atoms with Crippen molar-refractivity contribution in [3.05, 3.63) is 45.6 Å². The van der Waals surface area contributed by atoms with Crippen molar-refractivity contribution in [2.24, 2.45) is 0 Å². The first-order valence-corrected chi connectivity index (χ1v) is 6.67. The van der Waals surface area contributed by atoms with E-state index >= 15 is 0 Å². The third-order valence-corrected chi connectivity index (χ3v) is 2.46. The number of nitrogens with zero attached hydrogens (tertiary/aromatic N) is 1. The molecule has 1 N–H and O–H groups in total. The molecule has 0 atom stereocenters. The van der Waals surface area contributed by atoms with Crippen LogP contribution in [0.15, 0.2) is 30.0 Å². The van der Waals surface area contributed by atoms with Gasteiger partial charge in [0.05, 0.1) is 12.0 Å². The maximum Gasteiger partial charge on any atom is 0.412 e. The molecule has 0 spiro atoms. The van der Waals surface area contributed by atoms with Crippen LogP contribution in [0.4, 0.5) is 10.5 Å². The summed E-state index contributed by atoms with van der Waals surface area (Å²) in [5.41, 5.74) is -0.469. The zero-order valence-electron chi connectivity index (χ0n) is 13.3. The largest absolute Gasteiger partial charge is 0.464 e. The van der Waals surface area contributed by atoms with Crippen LogP contribution in [0.3, 0.4) is 0 Å².